The summed E-state index contributed by atoms with van der Waals surface area (Å²) in [7, 11) is 10.1. The summed E-state index contributed by atoms with van der Waals surface area (Å²) < 4.78 is 24.1. The van der Waals surface area contributed by atoms with Crippen LogP contribution in [0.4, 0.5) is 5.69 Å². The van der Waals surface area contributed by atoms with Crippen molar-refractivity contribution in [3.05, 3.63) is 70.4 Å². The molecule has 10 atom stereocenters. The van der Waals surface area contributed by atoms with Crippen molar-refractivity contribution in [2.75, 3.05) is 86.6 Å². The lowest BCUT2D eigenvalue weighted by Gasteiger charge is -2.63. The molecule has 1 unspecified atom stereocenters. The summed E-state index contributed by atoms with van der Waals surface area (Å²) in [6.45, 7) is 9.11. The van der Waals surface area contributed by atoms with Gasteiger partial charge in [-0.15, -0.1) is 0 Å². The minimum atomic E-state index is -2.32. The smallest absolute Gasteiger partial charge is 0.344 e. The normalized spacial score (nSPS) is 34.5. The molecule has 9 rings (SSSR count). The van der Waals surface area contributed by atoms with Crippen LogP contribution in [0.25, 0.3) is 10.9 Å². The Labute approximate surface area is 382 Å². The molecule has 6 heterocycles. The number of H-pyrrole nitrogens is 1. The number of aliphatic hydroxyl groups is 2. The fraction of sp³-hybridized carbons (Fsp3) is 0.588. The van der Waals surface area contributed by atoms with Crippen molar-refractivity contribution in [3.63, 3.8) is 0 Å². The number of aromatic amines is 1. The summed E-state index contributed by atoms with van der Waals surface area (Å²) in [5.41, 5.74) is -1.10. The van der Waals surface area contributed by atoms with Crippen molar-refractivity contribution >= 4 is 34.5 Å². The van der Waals surface area contributed by atoms with E-state index in [0.717, 1.165) is 33.3 Å². The van der Waals surface area contributed by atoms with Gasteiger partial charge in [0.2, 0.25) is 5.60 Å². The number of aromatic nitrogens is 1. The predicted molar refractivity (Wildman–Crippen MR) is 246 cm³/mol. The van der Waals surface area contributed by atoms with Crippen LogP contribution in [-0.2, 0) is 45.8 Å². The second kappa shape index (κ2) is 16.2. The maximum Gasteiger partial charge on any atom is 0.344 e. The Morgan fingerprint density at radius 3 is 2.42 bits per heavy atom. The number of nitrogens with zero attached hydrogens (tertiary/aromatic N) is 4. The van der Waals surface area contributed by atoms with Gasteiger partial charge in [0.15, 0.2) is 6.10 Å². The first-order chi connectivity index (χ1) is 31.0. The van der Waals surface area contributed by atoms with Crippen LogP contribution in [0.3, 0.4) is 0 Å². The van der Waals surface area contributed by atoms with Gasteiger partial charge in [0.05, 0.1) is 39.5 Å². The van der Waals surface area contributed by atoms with Crippen molar-refractivity contribution in [2.24, 2.45) is 11.3 Å². The van der Waals surface area contributed by atoms with Gasteiger partial charge in [0, 0.05) is 96.5 Å². The number of rotatable bonds is 8. The Bertz CT molecular complexity index is 2530. The summed E-state index contributed by atoms with van der Waals surface area (Å²) in [5, 5.41) is 26.5. The molecule has 0 amide bonds. The zero-order chi connectivity index (χ0) is 46.4. The molecule has 3 fully saturated rings. The number of carbonyl (C=O) groups is 3. The van der Waals surface area contributed by atoms with Gasteiger partial charge in [0.25, 0.3) is 0 Å². The average molecular weight is 892 g/mol. The van der Waals surface area contributed by atoms with Crippen molar-refractivity contribution in [3.8, 4) is 17.6 Å². The van der Waals surface area contributed by atoms with Gasteiger partial charge in [-0.2, -0.15) is 0 Å². The number of piperidine rings is 1. The highest BCUT2D eigenvalue weighted by Gasteiger charge is 2.80. The fourth-order valence-electron chi connectivity index (χ4n) is 13.9. The molecule has 1 saturated carbocycles. The molecular weight excluding hydrogens is 827 g/mol. The van der Waals surface area contributed by atoms with Crippen LogP contribution in [0, 0.1) is 23.2 Å². The number of likely N-dealkylation sites (N-methyl/N-ethyl adjacent to an activating group) is 1. The Balaban J connectivity index is 1.35. The molecular formula is C51H65N5O9. The minimum absolute atomic E-state index is 0.133. The van der Waals surface area contributed by atoms with Crippen LogP contribution in [0.1, 0.15) is 80.8 Å². The highest BCUT2D eigenvalue weighted by molar-refractivity contribution is 5.95. The van der Waals surface area contributed by atoms with E-state index in [9.17, 15) is 19.8 Å². The van der Waals surface area contributed by atoms with Crippen LogP contribution in [0.2, 0.25) is 0 Å². The van der Waals surface area contributed by atoms with Gasteiger partial charge in [-0.1, -0.05) is 37.8 Å². The molecule has 0 radical (unpaired) electrons. The topological polar surface area (TPSA) is 157 Å². The molecule has 1 spiro atoms. The lowest BCUT2D eigenvalue weighted by molar-refractivity contribution is -0.228. The van der Waals surface area contributed by atoms with Crippen LogP contribution in [0.15, 0.2) is 42.5 Å². The van der Waals surface area contributed by atoms with Gasteiger partial charge in [-0.3, -0.25) is 24.3 Å². The van der Waals surface area contributed by atoms with E-state index >= 15 is 4.79 Å². The molecule has 14 nitrogen and oxygen atoms in total. The highest BCUT2D eigenvalue weighted by Crippen LogP contribution is 2.68. The number of esters is 3. The quantitative estimate of drug-likeness (QED) is 0.130. The van der Waals surface area contributed by atoms with E-state index in [0.29, 0.717) is 94.8 Å². The number of benzene rings is 2. The SMILES string of the molecule is CC[C@]1(O)C[C@H]2CN(CCc3c([nH]c4ccc(C#CCN(C)C)cc34)[C@@](C(=O)OC)(c3cc4c(cc3OC)N(C)[C@H]3[C@@](O)(C(=O)OC)[C@H](OC(C)=O)[C@]5(CC)C=CCN6CC[C@]43[C@@H]65)C2)C1. The first kappa shape index (κ1) is 45.3. The van der Waals surface area contributed by atoms with E-state index < -0.39 is 57.5 Å². The second-order valence-corrected chi connectivity index (χ2v) is 20.0. The van der Waals surface area contributed by atoms with Gasteiger partial charge >= 0.3 is 17.9 Å². The van der Waals surface area contributed by atoms with E-state index in [2.05, 4.69) is 50.9 Å². The summed E-state index contributed by atoms with van der Waals surface area (Å²) in [5.74, 6) is 4.97. The number of fused-ring (bicyclic) bond motifs is 6. The maximum absolute atomic E-state index is 15.6. The summed E-state index contributed by atoms with van der Waals surface area (Å²) in [4.78, 5) is 55.7. The number of ether oxygens (including phenoxy) is 4. The molecule has 14 heteroatoms. The molecule has 2 saturated heterocycles. The Morgan fingerprint density at radius 2 is 1.74 bits per heavy atom. The fourth-order valence-corrected chi connectivity index (χ4v) is 13.9. The predicted octanol–water partition coefficient (Wildman–Crippen LogP) is 3.90. The summed E-state index contributed by atoms with van der Waals surface area (Å²) in [6.07, 6.45) is 5.77. The molecule has 1 aromatic heterocycles. The molecule has 6 aliphatic rings. The van der Waals surface area contributed by atoms with Gasteiger partial charge in [-0.05, 0) is 100 Å². The summed E-state index contributed by atoms with van der Waals surface area (Å²) >= 11 is 0. The molecule has 348 valence electrons. The average Bonchev–Trinajstić information content (AvgIpc) is 3.95. The Morgan fingerprint density at radius 1 is 0.969 bits per heavy atom. The zero-order valence-corrected chi connectivity index (χ0v) is 39.4. The largest absolute Gasteiger partial charge is 0.496 e. The molecule has 2 bridgehead atoms. The first-order valence-corrected chi connectivity index (χ1v) is 23.2. The van der Waals surface area contributed by atoms with Crippen molar-refractivity contribution in [1.82, 2.24) is 19.7 Å². The maximum atomic E-state index is 15.6. The first-order valence-electron chi connectivity index (χ1n) is 23.2. The third-order valence-electron chi connectivity index (χ3n) is 16.3. The highest BCUT2D eigenvalue weighted by atomic mass is 16.6. The molecule has 3 N–H and O–H groups in total. The molecule has 1 aliphatic carbocycles. The number of nitrogens with one attached hydrogen (secondary N) is 1. The summed E-state index contributed by atoms with van der Waals surface area (Å²) in [6, 6.07) is 8.92. The third-order valence-corrected chi connectivity index (χ3v) is 16.3. The molecule has 3 aromatic rings. The zero-order valence-electron chi connectivity index (χ0n) is 39.4. The van der Waals surface area contributed by atoms with Crippen molar-refractivity contribution in [1.29, 1.82) is 0 Å². The monoisotopic (exact) mass is 891 g/mol. The molecule has 2 aromatic carbocycles. The van der Waals surface area contributed by atoms with Gasteiger partial charge in [0.1, 0.15) is 11.2 Å². The number of hydrogen-bond acceptors (Lipinski definition) is 13. The Kier molecular flexibility index (Phi) is 11.2. The van der Waals surface area contributed by atoms with E-state index in [4.69, 9.17) is 18.9 Å². The molecule has 65 heavy (non-hydrogen) atoms. The van der Waals surface area contributed by atoms with Gasteiger partial charge < -0.3 is 39.0 Å². The number of carbonyl (C=O) groups excluding carboxylic acids is 3. The number of methoxy groups -OCH3 is 3. The van der Waals surface area contributed by atoms with E-state index in [-0.39, 0.29) is 12.0 Å². The lowest BCUT2D eigenvalue weighted by atomic mass is 9.47. The van der Waals surface area contributed by atoms with Crippen molar-refractivity contribution in [2.45, 2.75) is 99.5 Å². The number of anilines is 1. The Hall–Kier alpha value is -4.91. The van der Waals surface area contributed by atoms with Crippen LogP contribution >= 0.6 is 0 Å². The second-order valence-electron chi connectivity index (χ2n) is 20.0. The van der Waals surface area contributed by atoms with E-state index in [1.807, 2.05) is 63.0 Å². The molecule has 5 aliphatic heterocycles. The minimum Gasteiger partial charge on any atom is -0.496 e. The van der Waals surface area contributed by atoms with Crippen molar-refractivity contribution < 1.29 is 43.5 Å². The standard InChI is InChI=1S/C51H65N5O9/c1-10-47(60)27-33-28-50(45(58)63-8,41-34(17-22-55(29-33)30-47)35-24-32(14-12-20-53(4)5)15-16-38(35)52-41)37-25-36-39(26-40(37)62-7)54(6)43-49(36)19-23-56-21-13-18-48(11-2,42(49)56)44(65-31(3)57)51(43,61)46(59)64-9/h13,15-16,18,24-26,33,42-44,52,60-61H,10-11,17,19-23,27-30H2,1-9H3/t33-,42+,43-,44-,47+,48-,49-,50+,51+/m1/s1. The van der Waals surface area contributed by atoms with Crippen LogP contribution in [0.5, 0.6) is 5.75 Å². The number of hydrogen-bond donors (Lipinski definition) is 3. The third kappa shape index (κ3) is 6.43. The van der Waals surface area contributed by atoms with E-state index in [1.54, 1.807) is 7.11 Å². The van der Waals surface area contributed by atoms with Gasteiger partial charge in [-0.25, -0.2) is 4.79 Å². The van der Waals surface area contributed by atoms with Crippen LogP contribution in [-0.4, -0.2) is 159 Å². The van der Waals surface area contributed by atoms with Crippen LogP contribution < -0.4 is 9.64 Å². The lowest BCUT2D eigenvalue weighted by Crippen LogP contribution is -2.81. The van der Waals surface area contributed by atoms with E-state index in [1.165, 1.54) is 21.1 Å².